The molecule has 3 heteroatoms. The van der Waals surface area contributed by atoms with E-state index in [2.05, 4.69) is 18.7 Å². The Labute approximate surface area is 121 Å². The third kappa shape index (κ3) is 3.95. The number of hydrogen-bond acceptors (Lipinski definition) is 2. The maximum atomic E-state index is 6.27. The van der Waals surface area contributed by atoms with Crippen molar-refractivity contribution in [3.05, 3.63) is 34.9 Å². The Morgan fingerprint density at radius 3 is 2.63 bits per heavy atom. The highest BCUT2D eigenvalue weighted by atomic mass is 35.5. The van der Waals surface area contributed by atoms with Gasteiger partial charge in [0.2, 0.25) is 0 Å². The molecule has 0 saturated carbocycles. The van der Waals surface area contributed by atoms with Crippen molar-refractivity contribution in [2.45, 2.75) is 45.2 Å². The molecule has 2 N–H and O–H groups in total. The van der Waals surface area contributed by atoms with Crippen molar-refractivity contribution < 1.29 is 0 Å². The van der Waals surface area contributed by atoms with Crippen molar-refractivity contribution in [3.63, 3.8) is 0 Å². The quantitative estimate of drug-likeness (QED) is 0.888. The van der Waals surface area contributed by atoms with Gasteiger partial charge in [0, 0.05) is 23.7 Å². The Balaban J connectivity index is 1.86. The molecule has 2 atom stereocenters. The van der Waals surface area contributed by atoms with E-state index in [0.29, 0.717) is 0 Å². The van der Waals surface area contributed by atoms with Crippen molar-refractivity contribution in [3.8, 4) is 0 Å². The summed E-state index contributed by atoms with van der Waals surface area (Å²) in [6.07, 6.45) is 3.69. The van der Waals surface area contributed by atoms with Crippen LogP contribution in [0.5, 0.6) is 0 Å². The molecule has 1 heterocycles. The SMILES string of the molecule is CC(C)C1CCCN1CCC(N)c1ccc(Cl)cc1. The summed E-state index contributed by atoms with van der Waals surface area (Å²) in [4.78, 5) is 2.61. The van der Waals surface area contributed by atoms with Crippen LogP contribution < -0.4 is 5.73 Å². The van der Waals surface area contributed by atoms with Crippen LogP contribution in [-0.4, -0.2) is 24.0 Å². The number of rotatable bonds is 5. The van der Waals surface area contributed by atoms with Crippen molar-refractivity contribution in [2.24, 2.45) is 11.7 Å². The Kier molecular flexibility index (Phi) is 5.26. The van der Waals surface area contributed by atoms with Gasteiger partial charge in [-0.25, -0.2) is 0 Å². The molecule has 1 aliphatic heterocycles. The normalized spacial score (nSPS) is 22.1. The predicted molar refractivity (Wildman–Crippen MR) is 82.4 cm³/mol. The predicted octanol–water partition coefficient (Wildman–Crippen LogP) is 3.85. The minimum Gasteiger partial charge on any atom is -0.324 e. The highest BCUT2D eigenvalue weighted by Gasteiger charge is 2.26. The second-order valence-corrected chi connectivity index (χ2v) is 6.37. The van der Waals surface area contributed by atoms with Crippen LogP contribution in [0.1, 0.15) is 44.7 Å². The van der Waals surface area contributed by atoms with Gasteiger partial charge in [0.15, 0.2) is 0 Å². The third-order valence-corrected chi connectivity index (χ3v) is 4.46. The van der Waals surface area contributed by atoms with E-state index in [1.165, 1.54) is 24.9 Å². The van der Waals surface area contributed by atoms with E-state index in [1.807, 2.05) is 24.3 Å². The fourth-order valence-electron chi connectivity index (χ4n) is 3.07. The summed E-state index contributed by atoms with van der Waals surface area (Å²) >= 11 is 5.90. The average molecular weight is 281 g/mol. The summed E-state index contributed by atoms with van der Waals surface area (Å²) < 4.78 is 0. The zero-order valence-corrected chi connectivity index (χ0v) is 12.7. The summed E-state index contributed by atoms with van der Waals surface area (Å²) in [5.74, 6) is 0.745. The first-order valence-electron chi connectivity index (χ1n) is 7.33. The number of benzene rings is 1. The minimum absolute atomic E-state index is 0.116. The second kappa shape index (κ2) is 6.74. The van der Waals surface area contributed by atoms with Gasteiger partial charge in [0.1, 0.15) is 0 Å². The molecule has 106 valence electrons. The maximum absolute atomic E-state index is 6.27. The van der Waals surface area contributed by atoms with Gasteiger partial charge in [0.25, 0.3) is 0 Å². The largest absolute Gasteiger partial charge is 0.324 e. The van der Waals surface area contributed by atoms with Crippen LogP contribution in [-0.2, 0) is 0 Å². The molecule has 0 aromatic heterocycles. The van der Waals surface area contributed by atoms with E-state index in [-0.39, 0.29) is 6.04 Å². The monoisotopic (exact) mass is 280 g/mol. The first kappa shape index (κ1) is 14.8. The standard InChI is InChI=1S/C16H25ClN2/c1-12(2)16-4-3-10-19(16)11-9-15(18)13-5-7-14(17)8-6-13/h5-8,12,15-16H,3-4,9-11,18H2,1-2H3. The first-order valence-corrected chi connectivity index (χ1v) is 7.71. The van der Waals surface area contributed by atoms with Gasteiger partial charge in [0.05, 0.1) is 0 Å². The third-order valence-electron chi connectivity index (χ3n) is 4.21. The molecule has 2 nitrogen and oxygen atoms in total. The molecule has 0 radical (unpaired) electrons. The molecule has 2 unspecified atom stereocenters. The van der Waals surface area contributed by atoms with E-state index >= 15 is 0 Å². The molecule has 0 amide bonds. The maximum Gasteiger partial charge on any atom is 0.0406 e. The lowest BCUT2D eigenvalue weighted by atomic mass is 10.0. The molecule has 1 aromatic carbocycles. The smallest absolute Gasteiger partial charge is 0.0406 e. The van der Waals surface area contributed by atoms with Gasteiger partial charge in [-0.1, -0.05) is 37.6 Å². The van der Waals surface area contributed by atoms with E-state index in [9.17, 15) is 0 Å². The van der Waals surface area contributed by atoms with E-state index < -0.39 is 0 Å². The summed E-state index contributed by atoms with van der Waals surface area (Å²) in [6.45, 7) is 6.98. The van der Waals surface area contributed by atoms with Crippen LogP contribution in [0.4, 0.5) is 0 Å². The Hall–Kier alpha value is -0.570. The molecule has 0 aliphatic carbocycles. The van der Waals surface area contributed by atoms with Crippen LogP contribution in [0.15, 0.2) is 24.3 Å². The van der Waals surface area contributed by atoms with E-state index in [1.54, 1.807) is 0 Å². The molecule has 19 heavy (non-hydrogen) atoms. The summed E-state index contributed by atoms with van der Waals surface area (Å²) in [7, 11) is 0. The Bertz CT molecular complexity index is 388. The number of halogens is 1. The molecule has 1 aliphatic rings. The lowest BCUT2D eigenvalue weighted by molar-refractivity contribution is 0.200. The highest BCUT2D eigenvalue weighted by Crippen LogP contribution is 2.25. The molecule has 1 aromatic rings. The first-order chi connectivity index (χ1) is 9.08. The highest BCUT2D eigenvalue weighted by molar-refractivity contribution is 6.30. The molecule has 0 bridgehead atoms. The van der Waals surface area contributed by atoms with Gasteiger partial charge >= 0.3 is 0 Å². The molecule has 0 spiro atoms. The lowest BCUT2D eigenvalue weighted by Gasteiger charge is -2.28. The summed E-state index contributed by atoms with van der Waals surface area (Å²) in [5.41, 5.74) is 7.46. The zero-order chi connectivity index (χ0) is 13.8. The molecule has 1 fully saturated rings. The van der Waals surface area contributed by atoms with Crippen molar-refractivity contribution >= 4 is 11.6 Å². The Morgan fingerprint density at radius 2 is 2.00 bits per heavy atom. The van der Waals surface area contributed by atoms with Crippen LogP contribution in [0, 0.1) is 5.92 Å². The molecular formula is C16H25ClN2. The number of hydrogen-bond donors (Lipinski definition) is 1. The van der Waals surface area contributed by atoms with Gasteiger partial charge < -0.3 is 10.6 Å². The van der Waals surface area contributed by atoms with Gasteiger partial charge in [-0.15, -0.1) is 0 Å². The lowest BCUT2D eigenvalue weighted by Crippen LogP contribution is -2.35. The number of nitrogens with two attached hydrogens (primary N) is 1. The Morgan fingerprint density at radius 1 is 1.32 bits per heavy atom. The number of likely N-dealkylation sites (tertiary alicyclic amines) is 1. The zero-order valence-electron chi connectivity index (χ0n) is 12.0. The second-order valence-electron chi connectivity index (χ2n) is 5.94. The van der Waals surface area contributed by atoms with Crippen molar-refractivity contribution in [2.75, 3.05) is 13.1 Å². The van der Waals surface area contributed by atoms with Crippen LogP contribution in [0.3, 0.4) is 0 Å². The van der Waals surface area contributed by atoms with Gasteiger partial charge in [-0.2, -0.15) is 0 Å². The van der Waals surface area contributed by atoms with Crippen LogP contribution in [0.25, 0.3) is 0 Å². The number of nitrogens with zero attached hydrogens (tertiary/aromatic N) is 1. The van der Waals surface area contributed by atoms with E-state index in [4.69, 9.17) is 17.3 Å². The summed E-state index contributed by atoms with van der Waals surface area (Å²) in [6, 6.07) is 8.78. The fraction of sp³-hybridized carbons (Fsp3) is 0.625. The fourth-order valence-corrected chi connectivity index (χ4v) is 3.19. The van der Waals surface area contributed by atoms with Crippen molar-refractivity contribution in [1.82, 2.24) is 4.90 Å². The molecule has 1 saturated heterocycles. The van der Waals surface area contributed by atoms with Crippen molar-refractivity contribution in [1.29, 1.82) is 0 Å². The van der Waals surface area contributed by atoms with E-state index in [0.717, 1.165) is 29.9 Å². The van der Waals surface area contributed by atoms with Crippen LogP contribution >= 0.6 is 11.6 Å². The topological polar surface area (TPSA) is 29.3 Å². The van der Waals surface area contributed by atoms with Crippen LogP contribution in [0.2, 0.25) is 5.02 Å². The summed E-state index contributed by atoms with van der Waals surface area (Å²) in [5, 5.41) is 0.773. The van der Waals surface area contributed by atoms with Gasteiger partial charge in [-0.3, -0.25) is 0 Å². The van der Waals surface area contributed by atoms with Gasteiger partial charge in [-0.05, 0) is 49.4 Å². The minimum atomic E-state index is 0.116. The molecular weight excluding hydrogens is 256 g/mol. The average Bonchev–Trinajstić information content (AvgIpc) is 2.85. The molecule has 2 rings (SSSR count).